The molecule has 0 saturated carbocycles. The maximum absolute atomic E-state index is 2.45. The summed E-state index contributed by atoms with van der Waals surface area (Å²) in [5.41, 5.74) is 4.23. The molecule has 0 bridgehead atoms. The van der Waals surface area contributed by atoms with Gasteiger partial charge in [0, 0.05) is 0 Å². The van der Waals surface area contributed by atoms with Crippen molar-refractivity contribution < 1.29 is 0 Å². The molecule has 0 unspecified atom stereocenters. The fraction of sp³-hybridized carbons (Fsp3) is 0.214. The molecule has 4 rings (SSSR count). The van der Waals surface area contributed by atoms with Crippen LogP contribution in [0, 0.1) is 19.8 Å². The van der Waals surface area contributed by atoms with E-state index in [1.165, 1.54) is 32.3 Å². The van der Waals surface area contributed by atoms with Gasteiger partial charge in [-0.1, -0.05) is 121 Å². The van der Waals surface area contributed by atoms with Gasteiger partial charge in [0.05, 0.1) is 0 Å². The van der Waals surface area contributed by atoms with Crippen LogP contribution in [-0.4, -0.2) is 8.07 Å². The van der Waals surface area contributed by atoms with E-state index in [1.807, 2.05) is 0 Å². The van der Waals surface area contributed by atoms with Crippen LogP contribution in [0.25, 0.3) is 0 Å². The molecule has 3 aromatic carbocycles. The minimum Gasteiger partial charge on any atom is -0.0805 e. The molecule has 1 heteroatoms. The van der Waals surface area contributed by atoms with Crippen molar-refractivity contribution in [3.05, 3.63) is 113 Å². The zero-order valence-electron chi connectivity index (χ0n) is 17.9. The van der Waals surface area contributed by atoms with E-state index in [4.69, 9.17) is 0 Å². The fourth-order valence-corrected chi connectivity index (χ4v) is 10.6. The molecule has 0 amide bonds. The molecule has 1 aliphatic rings. The Morgan fingerprint density at radius 3 is 1.69 bits per heavy atom. The lowest BCUT2D eigenvalue weighted by atomic mass is 10.1. The second-order valence-electron chi connectivity index (χ2n) is 8.55. The molecule has 29 heavy (non-hydrogen) atoms. The molecule has 0 nitrogen and oxygen atoms in total. The summed E-state index contributed by atoms with van der Waals surface area (Å²) in [6, 6.07) is 29.7. The van der Waals surface area contributed by atoms with Gasteiger partial charge in [-0.15, -0.1) is 0 Å². The molecule has 3 aromatic rings. The van der Waals surface area contributed by atoms with Crippen LogP contribution in [0.5, 0.6) is 0 Å². The molecule has 0 radical (unpaired) electrons. The molecular formula is C28H30Si. The molecule has 0 N–H and O–H groups in total. The summed E-state index contributed by atoms with van der Waals surface area (Å²) in [6.07, 6.45) is 5.81. The Bertz CT molecular complexity index is 996. The third-order valence-electron chi connectivity index (χ3n) is 6.11. The van der Waals surface area contributed by atoms with E-state index in [-0.39, 0.29) is 0 Å². The maximum Gasteiger partial charge on any atom is 0.176 e. The highest BCUT2D eigenvalue weighted by Crippen LogP contribution is 2.32. The Balaban J connectivity index is 2.17. The van der Waals surface area contributed by atoms with Gasteiger partial charge in [0.2, 0.25) is 0 Å². The first-order chi connectivity index (χ1) is 14.0. The van der Waals surface area contributed by atoms with Gasteiger partial charge in [-0.25, -0.2) is 0 Å². The zero-order chi connectivity index (χ0) is 20.4. The Morgan fingerprint density at radius 1 is 0.690 bits per heavy atom. The van der Waals surface area contributed by atoms with Crippen LogP contribution in [0.1, 0.15) is 31.4 Å². The Hall–Kier alpha value is -2.64. The lowest BCUT2D eigenvalue weighted by Gasteiger charge is -2.37. The van der Waals surface area contributed by atoms with E-state index in [0.717, 1.165) is 6.42 Å². The highest BCUT2D eigenvalue weighted by atomic mass is 28.3. The highest BCUT2D eigenvalue weighted by molar-refractivity contribution is 7.16. The van der Waals surface area contributed by atoms with Gasteiger partial charge in [0.25, 0.3) is 0 Å². The average Bonchev–Trinajstić information content (AvgIpc) is 3.20. The first kappa shape index (κ1) is 19.7. The molecule has 0 aromatic heterocycles. The normalized spacial score (nSPS) is 14.1. The van der Waals surface area contributed by atoms with Crippen molar-refractivity contribution in [1.29, 1.82) is 0 Å². The maximum atomic E-state index is 2.45. The Kier molecular flexibility index (Phi) is 5.43. The summed E-state index contributed by atoms with van der Waals surface area (Å²) in [5, 5.41) is 6.11. The van der Waals surface area contributed by atoms with Gasteiger partial charge >= 0.3 is 0 Å². The second-order valence-corrected chi connectivity index (χ2v) is 12.4. The van der Waals surface area contributed by atoms with Crippen LogP contribution >= 0.6 is 0 Å². The summed E-state index contributed by atoms with van der Waals surface area (Å²) in [7, 11) is -2.36. The van der Waals surface area contributed by atoms with E-state index in [9.17, 15) is 0 Å². The molecule has 1 aliphatic carbocycles. The second kappa shape index (κ2) is 8.00. The smallest absolute Gasteiger partial charge is 0.0805 e. The molecule has 0 aliphatic heterocycles. The van der Waals surface area contributed by atoms with Gasteiger partial charge in [0.15, 0.2) is 8.07 Å². The van der Waals surface area contributed by atoms with Crippen LogP contribution in [0.3, 0.4) is 0 Å². The Morgan fingerprint density at radius 2 is 1.21 bits per heavy atom. The lowest BCUT2D eigenvalue weighted by molar-refractivity contribution is 0.789. The summed E-state index contributed by atoms with van der Waals surface area (Å²) in [6.45, 7) is 9.13. The van der Waals surface area contributed by atoms with E-state index in [1.54, 1.807) is 5.20 Å². The highest BCUT2D eigenvalue weighted by Gasteiger charge is 2.44. The molecule has 0 spiro atoms. The quantitative estimate of drug-likeness (QED) is 0.411. The van der Waals surface area contributed by atoms with Crippen molar-refractivity contribution in [2.45, 2.75) is 34.1 Å². The number of hydrogen-bond acceptors (Lipinski definition) is 0. The monoisotopic (exact) mass is 394 g/mol. The van der Waals surface area contributed by atoms with Crippen molar-refractivity contribution in [3.8, 4) is 0 Å². The predicted octanol–water partition coefficient (Wildman–Crippen LogP) is 5.23. The average molecular weight is 395 g/mol. The summed E-state index contributed by atoms with van der Waals surface area (Å²) >= 11 is 0. The number of aryl methyl sites for hydroxylation is 2. The predicted molar refractivity (Wildman–Crippen MR) is 129 cm³/mol. The molecular weight excluding hydrogens is 364 g/mol. The summed E-state index contributed by atoms with van der Waals surface area (Å²) in [5.74, 6) is 0.522. The minimum atomic E-state index is -2.36. The van der Waals surface area contributed by atoms with Gasteiger partial charge in [-0.05, 0) is 47.3 Å². The molecule has 0 fully saturated rings. The first-order valence-electron chi connectivity index (χ1n) is 10.6. The van der Waals surface area contributed by atoms with E-state index < -0.39 is 8.07 Å². The van der Waals surface area contributed by atoms with Crippen molar-refractivity contribution in [1.82, 2.24) is 0 Å². The van der Waals surface area contributed by atoms with Gasteiger partial charge < -0.3 is 0 Å². The standard InChI is InChI=1S/C28H30Si/c1-21(2)27-16-11-17-28(27)29(24-12-7-5-8-13-24,25-14-9-6-10-15-25)26-19-22(3)18-23(4)20-26/h5-16,18-21H,17H2,1-4H3. The summed E-state index contributed by atoms with van der Waals surface area (Å²) < 4.78 is 0. The number of allylic oxidation sites excluding steroid dienone is 4. The molecule has 0 heterocycles. The van der Waals surface area contributed by atoms with Crippen molar-refractivity contribution >= 4 is 23.6 Å². The molecule has 0 atom stereocenters. The molecule has 146 valence electrons. The zero-order valence-corrected chi connectivity index (χ0v) is 18.9. The third kappa shape index (κ3) is 3.45. The van der Waals surface area contributed by atoms with Gasteiger partial charge in [-0.2, -0.15) is 0 Å². The topological polar surface area (TPSA) is 0 Å². The fourth-order valence-electron chi connectivity index (χ4n) is 5.02. The molecule has 0 saturated heterocycles. The number of hydrogen-bond donors (Lipinski definition) is 0. The lowest BCUT2D eigenvalue weighted by Crippen LogP contribution is -2.69. The minimum absolute atomic E-state index is 0.522. The largest absolute Gasteiger partial charge is 0.176 e. The van der Waals surface area contributed by atoms with Gasteiger partial charge in [0.1, 0.15) is 0 Å². The van der Waals surface area contributed by atoms with E-state index in [0.29, 0.717) is 5.92 Å². The van der Waals surface area contributed by atoms with Crippen LogP contribution < -0.4 is 15.6 Å². The summed E-state index contributed by atoms with van der Waals surface area (Å²) in [4.78, 5) is 0. The van der Waals surface area contributed by atoms with E-state index in [2.05, 4.69) is 119 Å². The van der Waals surface area contributed by atoms with Crippen LogP contribution in [0.4, 0.5) is 0 Å². The van der Waals surface area contributed by atoms with Crippen LogP contribution in [0.15, 0.2) is 102 Å². The van der Waals surface area contributed by atoms with Crippen LogP contribution in [0.2, 0.25) is 0 Å². The van der Waals surface area contributed by atoms with Crippen molar-refractivity contribution in [2.75, 3.05) is 0 Å². The van der Waals surface area contributed by atoms with E-state index >= 15 is 0 Å². The number of benzene rings is 3. The first-order valence-corrected chi connectivity index (χ1v) is 12.6. The van der Waals surface area contributed by atoms with Crippen LogP contribution in [-0.2, 0) is 0 Å². The van der Waals surface area contributed by atoms with Crippen molar-refractivity contribution in [2.24, 2.45) is 5.92 Å². The Labute approximate surface area is 176 Å². The van der Waals surface area contributed by atoms with Crippen molar-refractivity contribution in [3.63, 3.8) is 0 Å². The SMILES string of the molecule is Cc1cc(C)cc([Si](C2=C(C(C)C)C=CC2)(c2ccccc2)c2ccccc2)c1. The third-order valence-corrected chi connectivity index (χ3v) is 11.1. The van der Waals surface area contributed by atoms with Gasteiger partial charge in [-0.3, -0.25) is 0 Å². The number of rotatable bonds is 5.